The largest absolute Gasteiger partial charge is 0.312 e. The van der Waals surface area contributed by atoms with Crippen LogP contribution in [0.15, 0.2) is 30.5 Å². The Morgan fingerprint density at radius 2 is 2.15 bits per heavy atom. The second kappa shape index (κ2) is 5.55. The van der Waals surface area contributed by atoms with Crippen molar-refractivity contribution < 1.29 is 4.79 Å². The van der Waals surface area contributed by atoms with Crippen LogP contribution in [0.3, 0.4) is 0 Å². The van der Waals surface area contributed by atoms with Crippen LogP contribution in [0.2, 0.25) is 0 Å². The van der Waals surface area contributed by atoms with Crippen molar-refractivity contribution in [3.8, 4) is 0 Å². The van der Waals surface area contributed by atoms with Crippen LogP contribution in [-0.4, -0.2) is 22.2 Å². The lowest BCUT2D eigenvalue weighted by atomic mass is 10.0. The fraction of sp³-hybridized carbons (Fsp3) is 0.333. The molecule has 0 radical (unpaired) electrons. The lowest BCUT2D eigenvalue weighted by molar-refractivity contribution is -0.118. The number of amides is 1. The van der Waals surface area contributed by atoms with Crippen molar-refractivity contribution in [1.29, 1.82) is 0 Å². The molecule has 5 heteroatoms. The van der Waals surface area contributed by atoms with Gasteiger partial charge in [-0.05, 0) is 58.8 Å². The number of rotatable bonds is 3. The van der Waals surface area contributed by atoms with E-state index in [0.717, 1.165) is 24.2 Å². The number of aryl methyl sites for hydroxylation is 2. The molecule has 3 rings (SSSR count). The highest BCUT2D eigenvalue weighted by Gasteiger charge is 2.24. The quantitative estimate of drug-likeness (QED) is 0.767. The Morgan fingerprint density at radius 3 is 2.90 bits per heavy atom. The van der Waals surface area contributed by atoms with E-state index < -0.39 is 0 Å². The van der Waals surface area contributed by atoms with E-state index in [0.29, 0.717) is 13.0 Å². The molecule has 0 N–H and O–H groups in total. The lowest BCUT2D eigenvalue weighted by Crippen LogP contribution is -2.36. The minimum Gasteiger partial charge on any atom is -0.312 e. The molecule has 104 valence electrons. The zero-order chi connectivity index (χ0) is 14.1. The molecule has 2 aromatic rings. The van der Waals surface area contributed by atoms with Crippen molar-refractivity contribution in [3.05, 3.63) is 45.3 Å². The highest BCUT2D eigenvalue weighted by molar-refractivity contribution is 14.1. The summed E-state index contributed by atoms with van der Waals surface area (Å²) in [6.45, 7) is 0.714. The number of fused-ring (bicyclic) bond motifs is 1. The van der Waals surface area contributed by atoms with Crippen LogP contribution in [0.1, 0.15) is 17.7 Å². The molecule has 0 spiro atoms. The molecule has 1 aliphatic rings. The molecule has 0 aliphatic carbocycles. The number of carbonyl (C=O) groups excluding carboxylic acids is 1. The average molecular weight is 381 g/mol. The first kappa shape index (κ1) is 13.6. The monoisotopic (exact) mass is 381 g/mol. The Bertz CT molecular complexity index is 650. The molecule has 0 bridgehead atoms. The highest BCUT2D eigenvalue weighted by atomic mass is 127. The van der Waals surface area contributed by atoms with E-state index >= 15 is 0 Å². The van der Waals surface area contributed by atoms with Crippen LogP contribution < -0.4 is 4.90 Å². The maximum Gasteiger partial charge on any atom is 0.227 e. The van der Waals surface area contributed by atoms with Crippen molar-refractivity contribution in [2.45, 2.75) is 19.3 Å². The Labute approximate surface area is 131 Å². The maximum absolute atomic E-state index is 12.2. The molecule has 0 atom stereocenters. The van der Waals surface area contributed by atoms with Crippen molar-refractivity contribution in [2.75, 3.05) is 11.4 Å². The van der Waals surface area contributed by atoms with Crippen LogP contribution >= 0.6 is 22.6 Å². The van der Waals surface area contributed by atoms with Gasteiger partial charge in [0.05, 0.1) is 0 Å². The fourth-order valence-electron chi connectivity index (χ4n) is 2.65. The molecule has 20 heavy (non-hydrogen) atoms. The molecule has 1 aromatic carbocycles. The van der Waals surface area contributed by atoms with E-state index in [1.165, 1.54) is 9.13 Å². The Kier molecular flexibility index (Phi) is 3.78. The first-order valence-corrected chi connectivity index (χ1v) is 7.79. The van der Waals surface area contributed by atoms with Gasteiger partial charge in [-0.15, -0.1) is 0 Å². The molecule has 0 unspecified atom stereocenters. The summed E-state index contributed by atoms with van der Waals surface area (Å²) in [7, 11) is 1.93. The summed E-state index contributed by atoms with van der Waals surface area (Å²) in [4.78, 5) is 14.1. The number of anilines is 1. The van der Waals surface area contributed by atoms with Gasteiger partial charge in [0, 0.05) is 47.6 Å². The molecule has 0 saturated heterocycles. The highest BCUT2D eigenvalue weighted by Crippen LogP contribution is 2.29. The zero-order valence-electron chi connectivity index (χ0n) is 11.3. The summed E-state index contributed by atoms with van der Waals surface area (Å²) in [5, 5.41) is 4.17. The molecule has 0 fully saturated rings. The predicted octanol–water partition coefficient (Wildman–Crippen LogP) is 2.55. The fourth-order valence-corrected chi connectivity index (χ4v) is 3.20. The molecule has 0 saturated carbocycles. The second-order valence-corrected chi connectivity index (χ2v) is 6.26. The van der Waals surface area contributed by atoms with Gasteiger partial charge in [0.25, 0.3) is 0 Å². The molecule has 1 amide bonds. The number of halogens is 1. The van der Waals surface area contributed by atoms with Gasteiger partial charge in [-0.1, -0.05) is 0 Å². The van der Waals surface area contributed by atoms with Gasteiger partial charge in [-0.25, -0.2) is 0 Å². The van der Waals surface area contributed by atoms with Gasteiger partial charge in [0.1, 0.15) is 0 Å². The van der Waals surface area contributed by atoms with Gasteiger partial charge in [-0.2, -0.15) is 5.10 Å². The second-order valence-electron chi connectivity index (χ2n) is 5.01. The third-order valence-electron chi connectivity index (χ3n) is 3.76. The van der Waals surface area contributed by atoms with Gasteiger partial charge < -0.3 is 4.90 Å². The van der Waals surface area contributed by atoms with Crippen molar-refractivity contribution in [3.63, 3.8) is 0 Å². The normalized spacial score (nSPS) is 14.5. The number of nitrogens with zero attached hydrogens (tertiary/aromatic N) is 3. The first-order chi connectivity index (χ1) is 9.65. The van der Waals surface area contributed by atoms with Crippen molar-refractivity contribution in [1.82, 2.24) is 9.78 Å². The van der Waals surface area contributed by atoms with Crippen LogP contribution in [0.4, 0.5) is 5.69 Å². The molecule has 4 nitrogen and oxygen atoms in total. The predicted molar refractivity (Wildman–Crippen MR) is 86.7 cm³/mol. The van der Waals surface area contributed by atoms with Gasteiger partial charge in [-0.3, -0.25) is 9.48 Å². The summed E-state index contributed by atoms with van der Waals surface area (Å²) in [5.74, 6) is 0.223. The number of benzene rings is 1. The summed E-state index contributed by atoms with van der Waals surface area (Å²) in [5.41, 5.74) is 3.50. The number of hydrogen-bond donors (Lipinski definition) is 0. The molecule has 2 heterocycles. The molecule has 1 aromatic heterocycles. The maximum atomic E-state index is 12.2. The van der Waals surface area contributed by atoms with Crippen LogP contribution in [0.25, 0.3) is 0 Å². The Morgan fingerprint density at radius 1 is 1.30 bits per heavy atom. The first-order valence-electron chi connectivity index (χ1n) is 6.71. The SMILES string of the molecule is Cn1nccc1CCN1C(=O)CCc2cc(I)ccc21. The van der Waals surface area contributed by atoms with E-state index in [2.05, 4.69) is 45.9 Å². The van der Waals surface area contributed by atoms with E-state index in [9.17, 15) is 4.79 Å². The minimum absolute atomic E-state index is 0.223. The Balaban J connectivity index is 1.82. The third kappa shape index (κ3) is 2.59. The number of carbonyl (C=O) groups is 1. The summed E-state index contributed by atoms with van der Waals surface area (Å²) < 4.78 is 3.09. The number of aromatic nitrogens is 2. The molecular weight excluding hydrogens is 365 g/mol. The van der Waals surface area contributed by atoms with E-state index in [-0.39, 0.29) is 5.91 Å². The average Bonchev–Trinajstić information content (AvgIpc) is 2.83. The topological polar surface area (TPSA) is 38.1 Å². The number of hydrogen-bond acceptors (Lipinski definition) is 2. The molecular formula is C15H16IN3O. The lowest BCUT2D eigenvalue weighted by Gasteiger charge is -2.29. The standard InChI is InChI=1S/C15H16IN3O/c1-18-13(6-8-17-18)7-9-19-14-4-3-12(16)10-11(14)2-5-15(19)20/h3-4,6,8,10H,2,5,7,9H2,1H3. The zero-order valence-corrected chi connectivity index (χ0v) is 13.5. The van der Waals surface area contributed by atoms with Gasteiger partial charge in [0.15, 0.2) is 0 Å². The summed E-state index contributed by atoms with van der Waals surface area (Å²) in [6.07, 6.45) is 4.09. The Hall–Kier alpha value is -1.37. The molecule has 1 aliphatic heterocycles. The van der Waals surface area contributed by atoms with Crippen LogP contribution in [0.5, 0.6) is 0 Å². The van der Waals surface area contributed by atoms with Gasteiger partial charge >= 0.3 is 0 Å². The van der Waals surface area contributed by atoms with Gasteiger partial charge in [0.2, 0.25) is 5.91 Å². The van der Waals surface area contributed by atoms with Crippen molar-refractivity contribution in [2.24, 2.45) is 7.05 Å². The van der Waals surface area contributed by atoms with E-state index in [1.807, 2.05) is 22.7 Å². The summed E-state index contributed by atoms with van der Waals surface area (Å²) in [6, 6.07) is 8.31. The van der Waals surface area contributed by atoms with Crippen LogP contribution in [0, 0.1) is 3.57 Å². The minimum atomic E-state index is 0.223. The third-order valence-corrected chi connectivity index (χ3v) is 4.43. The van der Waals surface area contributed by atoms with E-state index in [4.69, 9.17) is 0 Å². The summed E-state index contributed by atoms with van der Waals surface area (Å²) >= 11 is 2.32. The smallest absolute Gasteiger partial charge is 0.227 e. The van der Waals surface area contributed by atoms with Crippen molar-refractivity contribution >= 4 is 34.2 Å². The van der Waals surface area contributed by atoms with E-state index in [1.54, 1.807) is 6.20 Å². The van der Waals surface area contributed by atoms with Crippen LogP contribution in [-0.2, 0) is 24.7 Å².